The van der Waals surface area contributed by atoms with Crippen molar-refractivity contribution in [1.82, 2.24) is 0 Å². The van der Waals surface area contributed by atoms with E-state index in [1.165, 1.54) is 18.2 Å². The van der Waals surface area contributed by atoms with E-state index in [2.05, 4.69) is 5.32 Å². The van der Waals surface area contributed by atoms with Crippen molar-refractivity contribution in [3.05, 3.63) is 48.0 Å². The lowest BCUT2D eigenvalue weighted by molar-refractivity contribution is -0.137. The van der Waals surface area contributed by atoms with Crippen LogP contribution in [0.1, 0.15) is 5.56 Å². The lowest BCUT2D eigenvalue weighted by atomic mass is 10.2. The molecule has 0 aliphatic carbocycles. The van der Waals surface area contributed by atoms with Gasteiger partial charge in [0.2, 0.25) is 6.41 Å². The normalized spacial score (nSPS) is 13.4. The van der Waals surface area contributed by atoms with Gasteiger partial charge in [-0.1, -0.05) is 6.07 Å². The van der Waals surface area contributed by atoms with Gasteiger partial charge in [-0.15, -0.1) is 0 Å². The van der Waals surface area contributed by atoms with E-state index < -0.39 is 17.8 Å². The first-order valence-corrected chi connectivity index (χ1v) is 8.00. The first-order chi connectivity index (χ1) is 12.8. The maximum atomic E-state index is 12.8. The molecule has 1 heterocycles. The Hall–Kier alpha value is -3.23. The zero-order valence-electron chi connectivity index (χ0n) is 14.3. The number of likely N-dealkylation sites (N-methyl/N-ethyl adjacent to an activating group) is 1. The Labute approximate surface area is 153 Å². The number of imide groups is 1. The number of urea groups is 1. The molecule has 3 amide bonds. The Kier molecular flexibility index (Phi) is 4.93. The molecule has 1 aliphatic heterocycles. The van der Waals surface area contributed by atoms with E-state index in [-0.39, 0.29) is 11.4 Å². The summed E-state index contributed by atoms with van der Waals surface area (Å²) in [4.78, 5) is 26.6. The van der Waals surface area contributed by atoms with Crippen LogP contribution in [0.15, 0.2) is 42.5 Å². The molecule has 0 bridgehead atoms. The number of rotatable bonds is 3. The Morgan fingerprint density at radius 1 is 1.26 bits per heavy atom. The predicted octanol–water partition coefficient (Wildman–Crippen LogP) is 3.73. The molecule has 2 aromatic rings. The number of carbonyl (C=O) groups excluding carboxylic acids is 2. The van der Waals surface area contributed by atoms with E-state index in [4.69, 9.17) is 4.74 Å². The minimum atomic E-state index is -4.53. The summed E-state index contributed by atoms with van der Waals surface area (Å²) in [6.45, 7) is 1.17. The summed E-state index contributed by atoms with van der Waals surface area (Å²) in [6, 6.07) is 8.08. The van der Waals surface area contributed by atoms with Gasteiger partial charge in [-0.25, -0.2) is 9.69 Å². The fourth-order valence-corrected chi connectivity index (χ4v) is 2.67. The molecule has 0 saturated carbocycles. The van der Waals surface area contributed by atoms with E-state index in [9.17, 15) is 22.8 Å². The van der Waals surface area contributed by atoms with Gasteiger partial charge in [0.25, 0.3) is 0 Å². The number of hydrogen-bond acceptors (Lipinski definition) is 4. The van der Waals surface area contributed by atoms with E-state index in [1.54, 1.807) is 12.1 Å². The quantitative estimate of drug-likeness (QED) is 0.826. The molecule has 0 radical (unpaired) electrons. The number of hydrogen-bond donors (Lipinski definition) is 1. The van der Waals surface area contributed by atoms with Gasteiger partial charge in [0, 0.05) is 12.7 Å². The van der Waals surface area contributed by atoms with Crippen molar-refractivity contribution in [2.75, 3.05) is 35.3 Å². The number of ether oxygens (including phenoxy) is 1. The molecule has 0 unspecified atom stereocenters. The van der Waals surface area contributed by atoms with Crippen molar-refractivity contribution in [1.29, 1.82) is 0 Å². The van der Waals surface area contributed by atoms with Crippen molar-refractivity contribution in [3.8, 4) is 5.75 Å². The van der Waals surface area contributed by atoms with Gasteiger partial charge in [-0.3, -0.25) is 4.79 Å². The van der Waals surface area contributed by atoms with Gasteiger partial charge in [0.1, 0.15) is 12.4 Å². The lowest BCUT2D eigenvalue weighted by Gasteiger charge is -2.29. The van der Waals surface area contributed by atoms with Crippen molar-refractivity contribution in [2.45, 2.75) is 6.18 Å². The van der Waals surface area contributed by atoms with Crippen LogP contribution >= 0.6 is 0 Å². The zero-order chi connectivity index (χ0) is 19.6. The summed E-state index contributed by atoms with van der Waals surface area (Å²) in [5.74, 6) is 0.622. The number of benzene rings is 2. The Morgan fingerprint density at radius 2 is 2.04 bits per heavy atom. The zero-order valence-corrected chi connectivity index (χ0v) is 14.3. The highest BCUT2D eigenvalue weighted by Crippen LogP contribution is 2.34. The highest BCUT2D eigenvalue weighted by molar-refractivity contribution is 6.12. The largest absolute Gasteiger partial charge is 0.490 e. The molecule has 27 heavy (non-hydrogen) atoms. The van der Waals surface area contributed by atoms with Gasteiger partial charge < -0.3 is 15.0 Å². The van der Waals surface area contributed by atoms with Crippen molar-refractivity contribution in [2.24, 2.45) is 0 Å². The first-order valence-electron chi connectivity index (χ1n) is 8.00. The van der Waals surface area contributed by atoms with Crippen LogP contribution in [0.25, 0.3) is 0 Å². The van der Waals surface area contributed by atoms with Crippen LogP contribution in [0.4, 0.5) is 35.0 Å². The Balaban J connectivity index is 1.83. The monoisotopic (exact) mass is 379 g/mol. The molecule has 6 nitrogen and oxygen atoms in total. The smallest absolute Gasteiger partial charge is 0.416 e. The lowest BCUT2D eigenvalue weighted by Crippen LogP contribution is -2.34. The van der Waals surface area contributed by atoms with Crippen LogP contribution in [-0.4, -0.2) is 32.6 Å². The van der Waals surface area contributed by atoms with Gasteiger partial charge in [-0.2, -0.15) is 13.2 Å². The standard InChI is InChI=1S/C18H16F3N3O3/c1-23-7-8-27-16-6-5-14(10-15(16)23)24(11-25)17(26)22-13-4-2-3-12(9-13)18(19,20)21/h2-6,9-11H,7-8H2,1H3,(H,22,26). The average molecular weight is 379 g/mol. The third-order valence-electron chi connectivity index (χ3n) is 4.08. The molecule has 142 valence electrons. The number of carbonyl (C=O) groups is 2. The molecular weight excluding hydrogens is 363 g/mol. The summed E-state index contributed by atoms with van der Waals surface area (Å²) in [5.41, 5.74) is 0.00800. The number of anilines is 3. The molecule has 0 fully saturated rings. The molecular formula is C18H16F3N3O3. The molecule has 1 aliphatic rings. The van der Waals surface area contributed by atoms with E-state index in [0.717, 1.165) is 17.0 Å². The number of nitrogens with one attached hydrogen (secondary N) is 1. The molecule has 0 spiro atoms. The molecule has 0 atom stereocenters. The van der Waals surface area contributed by atoms with Gasteiger partial charge in [0.15, 0.2) is 0 Å². The molecule has 2 aromatic carbocycles. The van der Waals surface area contributed by atoms with Crippen molar-refractivity contribution < 1.29 is 27.5 Å². The average Bonchev–Trinajstić information content (AvgIpc) is 2.62. The van der Waals surface area contributed by atoms with Crippen LogP contribution in [0.3, 0.4) is 0 Å². The van der Waals surface area contributed by atoms with Crippen LogP contribution in [0, 0.1) is 0 Å². The van der Waals surface area contributed by atoms with Gasteiger partial charge in [0.05, 0.1) is 23.5 Å². The fourth-order valence-electron chi connectivity index (χ4n) is 2.67. The topological polar surface area (TPSA) is 61.9 Å². The summed E-state index contributed by atoms with van der Waals surface area (Å²) >= 11 is 0. The van der Waals surface area contributed by atoms with Crippen LogP contribution < -0.4 is 19.9 Å². The molecule has 0 saturated heterocycles. The Morgan fingerprint density at radius 3 is 2.74 bits per heavy atom. The second-order valence-corrected chi connectivity index (χ2v) is 5.91. The molecule has 1 N–H and O–H groups in total. The summed E-state index contributed by atoms with van der Waals surface area (Å²) < 4.78 is 43.9. The second-order valence-electron chi connectivity index (χ2n) is 5.91. The fraction of sp³-hybridized carbons (Fsp3) is 0.222. The number of alkyl halides is 3. The van der Waals surface area contributed by atoms with Gasteiger partial charge in [-0.05, 0) is 36.4 Å². The highest BCUT2D eigenvalue weighted by atomic mass is 19.4. The minimum absolute atomic E-state index is 0.0694. The maximum Gasteiger partial charge on any atom is 0.416 e. The number of nitrogens with zero attached hydrogens (tertiary/aromatic N) is 2. The minimum Gasteiger partial charge on any atom is -0.490 e. The molecule has 0 aromatic heterocycles. The molecule has 9 heteroatoms. The SMILES string of the molecule is CN1CCOc2ccc(N(C=O)C(=O)Nc3cccc(C(F)(F)F)c3)cc21. The number of amides is 3. The highest BCUT2D eigenvalue weighted by Gasteiger charge is 2.30. The van der Waals surface area contributed by atoms with Crippen molar-refractivity contribution in [3.63, 3.8) is 0 Å². The number of halogens is 3. The second kappa shape index (κ2) is 7.18. The van der Waals surface area contributed by atoms with Crippen LogP contribution in [-0.2, 0) is 11.0 Å². The molecule has 3 rings (SSSR count). The van der Waals surface area contributed by atoms with E-state index in [0.29, 0.717) is 31.0 Å². The predicted molar refractivity (Wildman–Crippen MR) is 94.2 cm³/mol. The first kappa shape index (κ1) is 18.6. The van der Waals surface area contributed by atoms with Crippen molar-refractivity contribution >= 4 is 29.5 Å². The van der Waals surface area contributed by atoms with Gasteiger partial charge >= 0.3 is 12.2 Å². The summed E-state index contributed by atoms with van der Waals surface area (Å²) in [5, 5.41) is 2.31. The number of fused-ring (bicyclic) bond motifs is 1. The Bertz CT molecular complexity index is 870. The third kappa shape index (κ3) is 3.97. The maximum absolute atomic E-state index is 12.8. The third-order valence-corrected chi connectivity index (χ3v) is 4.08. The van der Waals surface area contributed by atoms with E-state index in [1.807, 2.05) is 11.9 Å². The van der Waals surface area contributed by atoms with Crippen LogP contribution in [0.5, 0.6) is 5.75 Å². The van der Waals surface area contributed by atoms with Crippen LogP contribution in [0.2, 0.25) is 0 Å². The van der Waals surface area contributed by atoms with E-state index >= 15 is 0 Å². The summed E-state index contributed by atoms with van der Waals surface area (Å²) in [7, 11) is 1.85. The summed E-state index contributed by atoms with van der Waals surface area (Å²) in [6.07, 6.45) is -4.23.